The van der Waals surface area contributed by atoms with E-state index in [-0.39, 0.29) is 114 Å². The first-order valence-corrected chi connectivity index (χ1v) is 46.0. The van der Waals surface area contributed by atoms with Crippen molar-refractivity contribution in [2.45, 2.75) is 342 Å². The molecule has 0 aliphatic carbocycles. The number of carbonyl (C=O) groups is 13. The highest BCUT2D eigenvalue weighted by Crippen LogP contribution is 2.10. The van der Waals surface area contributed by atoms with E-state index in [9.17, 15) is 62.3 Å². The van der Waals surface area contributed by atoms with Crippen molar-refractivity contribution in [1.29, 1.82) is 0 Å². The summed E-state index contributed by atoms with van der Waals surface area (Å²) in [5.41, 5.74) is 4.67. The van der Waals surface area contributed by atoms with Crippen LogP contribution in [0.2, 0.25) is 0 Å². The molecule has 6 unspecified atom stereocenters. The van der Waals surface area contributed by atoms with Crippen molar-refractivity contribution >= 4 is 76.9 Å². The Labute approximate surface area is 830 Å². The van der Waals surface area contributed by atoms with E-state index in [1.807, 2.05) is 13.8 Å². The number of hydrogen-bond donors (Lipinski definition) is 13. The van der Waals surface area contributed by atoms with Crippen LogP contribution < -0.4 is 0 Å². The van der Waals surface area contributed by atoms with Crippen LogP contribution in [0.5, 0.6) is 0 Å². The minimum Gasteiger partial charge on any atom is -0.462 e. The number of unbranched alkanes of at least 4 members (excludes halogenated alkanes) is 9. The van der Waals surface area contributed by atoms with Gasteiger partial charge in [0.15, 0.2) is 23.1 Å². The smallest absolute Gasteiger partial charge is 0.335 e. The van der Waals surface area contributed by atoms with Crippen molar-refractivity contribution in [2.24, 2.45) is 0 Å². The Morgan fingerprint density at radius 1 is 0.273 bits per heavy atom. The molecule has 0 rings (SSSR count). The molecule has 0 saturated heterocycles. The van der Waals surface area contributed by atoms with Gasteiger partial charge in [-0.25, -0.2) is 43.2 Å². The SMILES string of the molecule is C=C(C)C(=O)CCCCCO.C=C(C)C(=O)CCCCO.C=C(C)C(=O)CCCO.C=C(C)C(=O)CCO.C=C(C)C(=O)OC(C)C(C)O.C=C(C)C(=O)OC(O)CC.C=C(C)C(=O)OC(O)CCC.C=C(C)C(=O)OCC(C)(C)O.C=C(C)C(=O)OCC(O)CC.C=C(C)C(=O)OCCC(C)O.C=C(C)C(=O)OCCCCCCO.C=C(C)C(=O)OCCCCCO.C=C(C)C(=O)OCCCCO. The summed E-state index contributed by atoms with van der Waals surface area (Å²) >= 11 is 0. The van der Waals surface area contributed by atoms with E-state index in [1.54, 1.807) is 125 Å². The number of Topliss-reactive ketones (excluding diaryl/α,β-unsaturated/α-hetero) is 4. The number of aliphatic hydroxyl groups excluding tert-OH is 12. The van der Waals surface area contributed by atoms with Crippen LogP contribution in [0.3, 0.4) is 0 Å². The third-order valence-corrected chi connectivity index (χ3v) is 15.5. The lowest BCUT2D eigenvalue weighted by Gasteiger charge is -2.16. The van der Waals surface area contributed by atoms with E-state index in [0.29, 0.717) is 163 Å². The molecule has 0 aromatic heterocycles. The molecule has 35 heteroatoms. The normalized spacial score (nSPS) is 10.9. The second-order valence-corrected chi connectivity index (χ2v) is 32.2. The maximum absolute atomic E-state index is 10.9. The van der Waals surface area contributed by atoms with Gasteiger partial charge in [0.2, 0.25) is 12.6 Å². The van der Waals surface area contributed by atoms with Crippen molar-refractivity contribution in [3.05, 3.63) is 158 Å². The molecule has 0 saturated carbocycles. The highest BCUT2D eigenvalue weighted by molar-refractivity contribution is 5.96. The molecule has 0 aromatic rings. The first kappa shape index (κ1) is 157. The molecule has 0 heterocycles. The van der Waals surface area contributed by atoms with E-state index in [4.69, 9.17) is 90.1 Å². The number of rotatable bonds is 57. The predicted octanol–water partition coefficient (Wildman–Crippen LogP) is 13.8. The minimum absolute atomic E-state index is 0.00130. The largest absolute Gasteiger partial charge is 0.462 e. The fourth-order valence-corrected chi connectivity index (χ4v) is 6.63. The molecule has 0 aliphatic rings. The van der Waals surface area contributed by atoms with Gasteiger partial charge in [0, 0.05) is 135 Å². The second kappa shape index (κ2) is 108. The lowest BCUT2D eigenvalue weighted by molar-refractivity contribution is -0.164. The number of aliphatic hydroxyl groups is 13. The second-order valence-electron chi connectivity index (χ2n) is 32.2. The Kier molecular flexibility index (Phi) is 123. The minimum atomic E-state index is -0.996. The van der Waals surface area contributed by atoms with E-state index >= 15 is 0 Å². The lowest BCUT2D eigenvalue weighted by atomic mass is 10.1. The lowest BCUT2D eigenvalue weighted by Crippen LogP contribution is -2.27. The Morgan fingerprint density at radius 3 is 0.799 bits per heavy atom. The summed E-state index contributed by atoms with van der Waals surface area (Å²) in [4.78, 5) is 140. The standard InChI is InChI=1S/C10H18O3.C9H16O3.C9H16O2.6C8H14O3.C8H14O2.C7H12O3.C7H12O2.C6H10O2/c1-9(2)10(12)13-8-6-4-3-5-7-11;1-8(2)9(11)12-7-5-3-4-6-10;1-8(2)9(11)6-4-3-5-7-10;1-6(2)7(9)11-5-8(3,4)10;1-6(2)8(10)11-5-4-7(3)9;1-5(2)8(10)11-7(4)6(3)9;1-7(2)8(10)11-6-4-3-5-9;1-4-7(9)5-11-8(10)6(2)3;1-4-5-7(9)11-8(10)6(2)3;1-7(2)8(10)5-3-4-6-9;1-4-6(8)10-7(9)5(2)3;1-6(2)7(9)4-3-5-8;1-5(2)6(8)3-4-7/h11H,1,3-8H2,2H3;10H,1,3-7H2,2H3;10H,1,3-7H2,2H3;10H,1,5H2,2-4H3;7,9H,1,4-5H2,2-3H3;6-7,9H,1H2,2-4H3;9H,1,3-6H2,2H3;2*7,9H,2,4-5H2,1,3H3;9H,1,3-6H2,2H3;6,8H,2,4H2,1,3H3;8H,1,3-5H2,2H3;7H,1,3-4H2,2H3. The van der Waals surface area contributed by atoms with E-state index in [0.717, 1.165) is 77.0 Å². The highest BCUT2D eigenvalue weighted by Gasteiger charge is 2.18. The average Bonchev–Trinajstić information content (AvgIpc) is 0.968. The van der Waals surface area contributed by atoms with Gasteiger partial charge in [-0.05, 0) is 237 Å². The summed E-state index contributed by atoms with van der Waals surface area (Å²) in [6.07, 6.45) is 12.5. The fourth-order valence-electron chi connectivity index (χ4n) is 6.63. The fraction of sp³-hybridized carbons (Fsp3) is 0.625. The summed E-state index contributed by atoms with van der Waals surface area (Å²) in [7, 11) is 0. The van der Waals surface area contributed by atoms with Crippen molar-refractivity contribution in [2.75, 3.05) is 85.9 Å². The molecule has 0 fully saturated rings. The molecule has 0 radical (unpaired) electrons. The van der Waals surface area contributed by atoms with Gasteiger partial charge < -0.3 is 109 Å². The van der Waals surface area contributed by atoms with Crippen LogP contribution in [0.4, 0.5) is 0 Å². The quantitative estimate of drug-likeness (QED) is 0.00884. The van der Waals surface area contributed by atoms with E-state index in [2.05, 4.69) is 104 Å². The zero-order valence-corrected chi connectivity index (χ0v) is 88.1. The number of ether oxygens (including phenoxy) is 9. The van der Waals surface area contributed by atoms with Gasteiger partial charge in [-0.15, -0.1) is 0 Å². The van der Waals surface area contributed by atoms with Crippen LogP contribution in [0.1, 0.15) is 299 Å². The van der Waals surface area contributed by atoms with Crippen molar-refractivity contribution in [3.8, 4) is 0 Å². The zero-order chi connectivity index (χ0) is 112. The number of carbonyl (C=O) groups excluding carboxylic acids is 13. The van der Waals surface area contributed by atoms with Gasteiger partial charge in [0.1, 0.15) is 19.3 Å². The molecule has 6 atom stereocenters. The molecule has 0 bridgehead atoms. The molecule has 0 aromatic carbocycles. The summed E-state index contributed by atoms with van der Waals surface area (Å²) in [5, 5.41) is 112. The maximum Gasteiger partial charge on any atom is 0.335 e. The maximum atomic E-state index is 10.9. The molecule has 0 spiro atoms. The first-order chi connectivity index (χ1) is 64.3. The number of esters is 9. The molecular weight excluding hydrogens is 1810 g/mol. The van der Waals surface area contributed by atoms with Gasteiger partial charge in [0.05, 0.1) is 56.9 Å². The number of ketones is 4. The molecule has 0 amide bonds. The van der Waals surface area contributed by atoms with Crippen LogP contribution in [0.15, 0.2) is 158 Å². The third kappa shape index (κ3) is 139. The molecule has 808 valence electrons. The summed E-state index contributed by atoms with van der Waals surface area (Å²) < 4.78 is 42.4. The van der Waals surface area contributed by atoms with E-state index < -0.39 is 78.4 Å². The van der Waals surface area contributed by atoms with Gasteiger partial charge in [-0.1, -0.05) is 126 Å². The summed E-state index contributed by atoms with van der Waals surface area (Å²) in [5.74, 6) is -3.63. The molecule has 139 heavy (non-hydrogen) atoms. The molecule has 0 aliphatic heterocycles. The highest BCUT2D eigenvalue weighted by atomic mass is 16.6. The van der Waals surface area contributed by atoms with Gasteiger partial charge in [-0.3, -0.25) is 19.2 Å². The molecular formula is C104H182O35. The monoisotopic (exact) mass is 1990 g/mol. The van der Waals surface area contributed by atoms with E-state index in [1.165, 1.54) is 6.92 Å². The van der Waals surface area contributed by atoms with Crippen molar-refractivity contribution < 1.29 is 171 Å². The van der Waals surface area contributed by atoms with Gasteiger partial charge in [-0.2, -0.15) is 0 Å². The summed E-state index contributed by atoms with van der Waals surface area (Å²) in [6, 6.07) is 0. The predicted molar refractivity (Wildman–Crippen MR) is 541 cm³/mol. The molecule has 35 nitrogen and oxygen atoms in total. The van der Waals surface area contributed by atoms with Crippen LogP contribution in [0.25, 0.3) is 0 Å². The van der Waals surface area contributed by atoms with Crippen molar-refractivity contribution in [3.63, 3.8) is 0 Å². The molecule has 13 N–H and O–H groups in total. The Bertz CT molecular complexity index is 3500. The van der Waals surface area contributed by atoms with Crippen LogP contribution in [-0.4, -0.2) is 272 Å². The van der Waals surface area contributed by atoms with Crippen LogP contribution >= 0.6 is 0 Å². The first-order valence-electron chi connectivity index (χ1n) is 46.0. The van der Waals surface area contributed by atoms with Gasteiger partial charge in [0.25, 0.3) is 0 Å². The van der Waals surface area contributed by atoms with Crippen molar-refractivity contribution in [1.82, 2.24) is 0 Å². The Morgan fingerprint density at radius 2 is 0.525 bits per heavy atom. The average molecular weight is 1990 g/mol. The van der Waals surface area contributed by atoms with Gasteiger partial charge >= 0.3 is 53.7 Å². The van der Waals surface area contributed by atoms with Crippen LogP contribution in [0, 0.1) is 0 Å². The topological polar surface area (TPSA) is 568 Å². The number of hydrogen-bond acceptors (Lipinski definition) is 35. The van der Waals surface area contributed by atoms with Crippen LogP contribution in [-0.2, 0) is 105 Å². The zero-order valence-electron chi connectivity index (χ0n) is 88.1. The Hall–Kier alpha value is -9.99. The third-order valence-electron chi connectivity index (χ3n) is 15.5. The Balaban J connectivity index is -0.000000113. The number of allylic oxidation sites excluding steroid dienone is 4. The summed E-state index contributed by atoms with van der Waals surface area (Å²) in [6.45, 7) is 81.6.